The molecule has 1 amide bonds. The molecule has 0 unspecified atom stereocenters. The summed E-state index contributed by atoms with van der Waals surface area (Å²) in [5, 5.41) is 3.46. The van der Waals surface area contributed by atoms with Crippen LogP contribution in [-0.2, 0) is 11.3 Å². The molecule has 1 atom stereocenters. The molecule has 0 aliphatic carbocycles. The van der Waals surface area contributed by atoms with Crippen molar-refractivity contribution in [2.24, 2.45) is 5.92 Å². The second kappa shape index (κ2) is 7.19. The maximum atomic E-state index is 12.7. The molecular weight excluding hydrogens is 334 g/mol. The fourth-order valence-corrected chi connectivity index (χ4v) is 3.43. The van der Waals surface area contributed by atoms with Crippen LogP contribution in [0.5, 0.6) is 0 Å². The summed E-state index contributed by atoms with van der Waals surface area (Å²) in [6, 6.07) is 11.8. The Morgan fingerprint density at radius 2 is 1.96 bits per heavy atom. The van der Waals surface area contributed by atoms with Gasteiger partial charge in [-0.3, -0.25) is 14.2 Å². The highest BCUT2D eigenvalue weighted by Crippen LogP contribution is 2.30. The average molecular weight is 355 g/mol. The lowest BCUT2D eigenvalue weighted by molar-refractivity contribution is -0.122. The van der Waals surface area contributed by atoms with Crippen LogP contribution in [0.3, 0.4) is 0 Å². The molecular formula is C19H21N3O2S. The summed E-state index contributed by atoms with van der Waals surface area (Å²) in [6.07, 6.45) is 1.45. The highest BCUT2D eigenvalue weighted by Gasteiger charge is 2.14. The molecule has 0 aliphatic rings. The van der Waals surface area contributed by atoms with Gasteiger partial charge in [0.1, 0.15) is 11.4 Å². The molecule has 2 aromatic heterocycles. The summed E-state index contributed by atoms with van der Waals surface area (Å²) < 4.78 is 1.37. The van der Waals surface area contributed by atoms with Crippen LogP contribution in [0, 0.1) is 5.92 Å². The van der Waals surface area contributed by atoms with Crippen LogP contribution < -0.4 is 10.9 Å². The molecule has 0 fully saturated rings. The fourth-order valence-electron chi connectivity index (χ4n) is 2.44. The maximum absolute atomic E-state index is 12.7. The molecule has 25 heavy (non-hydrogen) atoms. The van der Waals surface area contributed by atoms with Crippen molar-refractivity contribution in [2.75, 3.05) is 0 Å². The second-order valence-corrected chi connectivity index (χ2v) is 7.50. The Hall–Kier alpha value is -2.47. The number of nitrogens with zero attached hydrogens (tertiary/aromatic N) is 2. The molecule has 0 bridgehead atoms. The lowest BCUT2D eigenvalue weighted by Gasteiger charge is -2.17. The summed E-state index contributed by atoms with van der Waals surface area (Å²) in [6.45, 7) is 6.02. The summed E-state index contributed by atoms with van der Waals surface area (Å²) in [5.41, 5.74) is 0.871. The van der Waals surface area contributed by atoms with Gasteiger partial charge in [0.15, 0.2) is 0 Å². The van der Waals surface area contributed by atoms with Crippen LogP contribution >= 0.6 is 11.3 Å². The van der Waals surface area contributed by atoms with E-state index in [1.165, 1.54) is 22.2 Å². The van der Waals surface area contributed by atoms with Crippen LogP contribution in [-0.4, -0.2) is 21.5 Å². The molecule has 5 nitrogen and oxygen atoms in total. The first kappa shape index (κ1) is 17.4. The van der Waals surface area contributed by atoms with Crippen molar-refractivity contribution in [2.45, 2.75) is 33.4 Å². The molecule has 3 aromatic rings. The van der Waals surface area contributed by atoms with E-state index in [9.17, 15) is 9.59 Å². The van der Waals surface area contributed by atoms with Crippen molar-refractivity contribution in [3.8, 4) is 10.4 Å². The SMILES string of the molecule is CC(C)[C@@H](C)NC(=O)Cn1cnc2sc(-c3ccccc3)cc2c1=O. The third kappa shape index (κ3) is 3.79. The lowest BCUT2D eigenvalue weighted by Crippen LogP contribution is -2.39. The number of nitrogens with one attached hydrogen (secondary N) is 1. The largest absolute Gasteiger partial charge is 0.352 e. The fraction of sp³-hybridized carbons (Fsp3) is 0.316. The van der Waals surface area contributed by atoms with Crippen LogP contribution in [0.15, 0.2) is 47.5 Å². The standard InChI is InChI=1S/C19H21N3O2S/c1-12(2)13(3)21-17(23)10-22-11-20-18-15(19(22)24)9-16(25-18)14-7-5-4-6-8-14/h4-9,11-13H,10H2,1-3H3,(H,21,23)/t13-/m1/s1. The van der Waals surface area contributed by atoms with Gasteiger partial charge in [0.05, 0.1) is 11.7 Å². The van der Waals surface area contributed by atoms with Gasteiger partial charge in [-0.15, -0.1) is 11.3 Å². The first-order chi connectivity index (χ1) is 12.0. The van der Waals surface area contributed by atoms with Gasteiger partial charge in [-0.25, -0.2) is 4.98 Å². The molecule has 0 saturated heterocycles. The van der Waals surface area contributed by atoms with Crippen molar-refractivity contribution in [1.82, 2.24) is 14.9 Å². The topological polar surface area (TPSA) is 64.0 Å². The van der Waals surface area contributed by atoms with Crippen LogP contribution in [0.25, 0.3) is 20.7 Å². The van der Waals surface area contributed by atoms with Crippen molar-refractivity contribution in [3.05, 3.63) is 53.1 Å². The number of fused-ring (bicyclic) bond motifs is 1. The van der Waals surface area contributed by atoms with Gasteiger partial charge in [-0.2, -0.15) is 0 Å². The summed E-state index contributed by atoms with van der Waals surface area (Å²) in [4.78, 5) is 30.9. The minimum absolute atomic E-state index is 0.0185. The lowest BCUT2D eigenvalue weighted by atomic mass is 10.1. The smallest absolute Gasteiger partial charge is 0.262 e. The number of carbonyl (C=O) groups is 1. The zero-order chi connectivity index (χ0) is 18.0. The van der Waals surface area contributed by atoms with Crippen molar-refractivity contribution >= 4 is 27.5 Å². The van der Waals surface area contributed by atoms with Gasteiger partial charge in [0.2, 0.25) is 5.91 Å². The molecule has 1 N–H and O–H groups in total. The van der Waals surface area contributed by atoms with E-state index in [-0.39, 0.29) is 24.1 Å². The maximum Gasteiger partial charge on any atom is 0.262 e. The number of amides is 1. The van der Waals surface area contributed by atoms with E-state index in [0.717, 1.165) is 10.4 Å². The second-order valence-electron chi connectivity index (χ2n) is 6.47. The van der Waals surface area contributed by atoms with Crippen LogP contribution in [0.2, 0.25) is 0 Å². The van der Waals surface area contributed by atoms with E-state index in [1.54, 1.807) is 0 Å². The summed E-state index contributed by atoms with van der Waals surface area (Å²) >= 11 is 1.48. The third-order valence-electron chi connectivity index (χ3n) is 4.28. The normalized spacial score (nSPS) is 12.5. The molecule has 130 valence electrons. The highest BCUT2D eigenvalue weighted by molar-refractivity contribution is 7.21. The Balaban J connectivity index is 1.87. The Kier molecular flexibility index (Phi) is 4.99. The molecule has 0 aliphatic heterocycles. The highest BCUT2D eigenvalue weighted by atomic mass is 32.1. The average Bonchev–Trinajstić information content (AvgIpc) is 3.03. The number of thiophene rings is 1. The first-order valence-electron chi connectivity index (χ1n) is 8.29. The number of carbonyl (C=O) groups excluding carboxylic acids is 1. The quantitative estimate of drug-likeness (QED) is 0.764. The predicted octanol–water partition coefficient (Wildman–Crippen LogP) is 3.29. The summed E-state index contributed by atoms with van der Waals surface area (Å²) in [5.74, 6) is 0.162. The van der Waals surface area contributed by atoms with Gasteiger partial charge in [0, 0.05) is 10.9 Å². The van der Waals surface area contributed by atoms with Crippen LogP contribution in [0.1, 0.15) is 20.8 Å². The van der Waals surface area contributed by atoms with E-state index >= 15 is 0 Å². The van der Waals surface area contributed by atoms with E-state index in [4.69, 9.17) is 0 Å². The number of hydrogen-bond donors (Lipinski definition) is 1. The minimum atomic E-state index is -0.184. The molecule has 6 heteroatoms. The zero-order valence-electron chi connectivity index (χ0n) is 14.5. The van der Waals surface area contributed by atoms with E-state index < -0.39 is 0 Å². The van der Waals surface area contributed by atoms with Gasteiger partial charge >= 0.3 is 0 Å². The van der Waals surface area contributed by atoms with Gasteiger partial charge < -0.3 is 5.32 Å². The predicted molar refractivity (Wildman–Crippen MR) is 102 cm³/mol. The van der Waals surface area contributed by atoms with E-state index in [0.29, 0.717) is 16.1 Å². The Labute approximate surface area is 150 Å². The number of aromatic nitrogens is 2. The summed E-state index contributed by atoms with van der Waals surface area (Å²) in [7, 11) is 0. The monoisotopic (exact) mass is 355 g/mol. The van der Waals surface area contributed by atoms with Crippen molar-refractivity contribution in [1.29, 1.82) is 0 Å². The van der Waals surface area contributed by atoms with Gasteiger partial charge in [-0.1, -0.05) is 44.2 Å². The molecule has 1 aromatic carbocycles. The molecule has 0 saturated carbocycles. The minimum Gasteiger partial charge on any atom is -0.352 e. The first-order valence-corrected chi connectivity index (χ1v) is 9.11. The number of hydrogen-bond acceptors (Lipinski definition) is 4. The molecule has 0 spiro atoms. The Morgan fingerprint density at radius 3 is 2.64 bits per heavy atom. The van der Waals surface area contributed by atoms with Gasteiger partial charge in [-0.05, 0) is 24.5 Å². The van der Waals surface area contributed by atoms with E-state index in [2.05, 4.69) is 10.3 Å². The Bertz CT molecular complexity index is 944. The van der Waals surface area contributed by atoms with E-state index in [1.807, 2.05) is 57.2 Å². The number of benzene rings is 1. The Morgan fingerprint density at radius 1 is 1.24 bits per heavy atom. The molecule has 2 heterocycles. The number of rotatable bonds is 5. The van der Waals surface area contributed by atoms with Crippen molar-refractivity contribution in [3.63, 3.8) is 0 Å². The third-order valence-corrected chi connectivity index (χ3v) is 5.37. The van der Waals surface area contributed by atoms with Gasteiger partial charge in [0.25, 0.3) is 5.56 Å². The zero-order valence-corrected chi connectivity index (χ0v) is 15.3. The van der Waals surface area contributed by atoms with Crippen LogP contribution in [0.4, 0.5) is 0 Å². The molecule has 3 rings (SSSR count). The molecule has 0 radical (unpaired) electrons. The van der Waals surface area contributed by atoms with Crippen molar-refractivity contribution < 1.29 is 4.79 Å².